The molecular weight excluding hydrogens is 553 g/mol. The lowest BCUT2D eigenvalue weighted by molar-refractivity contribution is -0.127. The molecule has 0 aliphatic carbocycles. The van der Waals surface area contributed by atoms with Crippen LogP contribution >= 0.6 is 46.6 Å². The zero-order valence-corrected chi connectivity index (χ0v) is 22.2. The topological polar surface area (TPSA) is 71.4 Å². The number of fused-ring (bicyclic) bond motifs is 1. The standard InChI is InChI=1S/C27H18Cl3N3O3S/c28-18-10-9-16(21(30)12-18)13-32-14-17(19-5-1-4-8-23(19)32)11-24-26(35)33(27(36)37-24)15-25(34)31-22-7-3-2-6-20(22)29/h1-12,14H,13,15H2,(H,31,34)/b24-11+. The van der Waals surface area contributed by atoms with Crippen molar-refractivity contribution in [3.05, 3.63) is 104 Å². The van der Waals surface area contributed by atoms with Gasteiger partial charge in [0.2, 0.25) is 5.91 Å². The summed E-state index contributed by atoms with van der Waals surface area (Å²) >= 11 is 19.3. The van der Waals surface area contributed by atoms with Gasteiger partial charge < -0.3 is 9.88 Å². The first-order valence-corrected chi connectivity index (χ1v) is 13.1. The van der Waals surface area contributed by atoms with Crippen LogP contribution in [0.25, 0.3) is 17.0 Å². The summed E-state index contributed by atoms with van der Waals surface area (Å²) in [7, 11) is 0. The van der Waals surface area contributed by atoms with E-state index in [2.05, 4.69) is 5.32 Å². The van der Waals surface area contributed by atoms with Crippen molar-refractivity contribution in [2.45, 2.75) is 6.54 Å². The van der Waals surface area contributed by atoms with E-state index >= 15 is 0 Å². The second kappa shape index (κ2) is 10.6. The van der Waals surface area contributed by atoms with Crippen LogP contribution in [-0.4, -0.2) is 33.1 Å². The fraction of sp³-hybridized carbons (Fsp3) is 0.0741. The summed E-state index contributed by atoms with van der Waals surface area (Å²) in [6, 6.07) is 19.8. The molecule has 0 spiro atoms. The molecule has 5 rings (SSSR count). The molecule has 0 saturated carbocycles. The van der Waals surface area contributed by atoms with E-state index in [4.69, 9.17) is 34.8 Å². The minimum absolute atomic E-state index is 0.239. The predicted octanol–water partition coefficient (Wildman–Crippen LogP) is 7.32. The van der Waals surface area contributed by atoms with Crippen molar-refractivity contribution in [2.75, 3.05) is 11.9 Å². The van der Waals surface area contributed by atoms with Crippen LogP contribution in [0.15, 0.2) is 77.8 Å². The number of nitrogens with zero attached hydrogens (tertiary/aromatic N) is 2. The summed E-state index contributed by atoms with van der Waals surface area (Å²) in [6.07, 6.45) is 3.59. The number of anilines is 1. The van der Waals surface area contributed by atoms with Crippen LogP contribution in [0.3, 0.4) is 0 Å². The van der Waals surface area contributed by atoms with Crippen molar-refractivity contribution in [2.24, 2.45) is 0 Å². The van der Waals surface area contributed by atoms with Crippen LogP contribution in [0.2, 0.25) is 15.1 Å². The van der Waals surface area contributed by atoms with Crippen LogP contribution in [0, 0.1) is 0 Å². The molecule has 1 aromatic heterocycles. The van der Waals surface area contributed by atoms with E-state index in [1.54, 1.807) is 42.5 Å². The van der Waals surface area contributed by atoms with E-state index in [1.165, 1.54) is 0 Å². The van der Waals surface area contributed by atoms with Gasteiger partial charge in [-0.15, -0.1) is 0 Å². The second-order valence-corrected chi connectivity index (χ2v) is 10.5. The average Bonchev–Trinajstić information content (AvgIpc) is 3.34. The summed E-state index contributed by atoms with van der Waals surface area (Å²) in [5.74, 6) is -1.05. The average molecular weight is 571 g/mol. The van der Waals surface area contributed by atoms with Crippen molar-refractivity contribution in [3.63, 3.8) is 0 Å². The summed E-state index contributed by atoms with van der Waals surface area (Å²) in [5, 5.41) is 4.51. The SMILES string of the molecule is O=C(CN1C(=O)S/C(=C/c2cn(Cc3ccc(Cl)cc3Cl)c3ccccc23)C1=O)Nc1ccccc1Cl. The summed E-state index contributed by atoms with van der Waals surface area (Å²) in [4.78, 5) is 39.3. The lowest BCUT2D eigenvalue weighted by Crippen LogP contribution is -2.36. The van der Waals surface area contributed by atoms with Crippen LogP contribution < -0.4 is 5.32 Å². The molecule has 37 heavy (non-hydrogen) atoms. The summed E-state index contributed by atoms with van der Waals surface area (Å²) in [5.41, 5.74) is 3.01. The number of carbonyl (C=O) groups is 3. The zero-order valence-electron chi connectivity index (χ0n) is 19.1. The lowest BCUT2D eigenvalue weighted by Gasteiger charge is -2.13. The van der Waals surface area contributed by atoms with Gasteiger partial charge in [-0.2, -0.15) is 0 Å². The van der Waals surface area contributed by atoms with E-state index in [-0.39, 0.29) is 4.91 Å². The molecule has 1 aliphatic heterocycles. The second-order valence-electron chi connectivity index (χ2n) is 8.26. The van der Waals surface area contributed by atoms with E-state index in [0.717, 1.165) is 38.7 Å². The number of amides is 3. The van der Waals surface area contributed by atoms with Crippen molar-refractivity contribution in [3.8, 4) is 0 Å². The highest BCUT2D eigenvalue weighted by Gasteiger charge is 2.36. The Hall–Kier alpha value is -3.23. The fourth-order valence-corrected chi connectivity index (χ4v) is 5.51. The number of thioether (sulfide) groups is 1. The molecule has 2 heterocycles. The fourth-order valence-electron chi connectivity index (χ4n) is 4.03. The largest absolute Gasteiger partial charge is 0.342 e. The molecule has 1 fully saturated rings. The molecule has 6 nitrogen and oxygen atoms in total. The first kappa shape index (κ1) is 25.4. The van der Waals surface area contributed by atoms with Crippen molar-refractivity contribution in [1.29, 1.82) is 0 Å². The molecule has 186 valence electrons. The van der Waals surface area contributed by atoms with Crippen molar-refractivity contribution < 1.29 is 14.4 Å². The van der Waals surface area contributed by atoms with E-state index in [0.29, 0.717) is 27.3 Å². The first-order valence-electron chi connectivity index (χ1n) is 11.1. The molecule has 3 amide bonds. The van der Waals surface area contributed by atoms with E-state index in [1.807, 2.05) is 41.1 Å². The Morgan fingerprint density at radius 3 is 2.49 bits per heavy atom. The van der Waals surface area contributed by atoms with Gasteiger partial charge in [0.05, 0.1) is 15.6 Å². The maximum absolute atomic E-state index is 13.1. The molecule has 0 radical (unpaired) electrons. The number of para-hydroxylation sites is 2. The number of rotatable bonds is 6. The Labute approximate surface area is 231 Å². The lowest BCUT2D eigenvalue weighted by atomic mass is 10.1. The van der Waals surface area contributed by atoms with Crippen LogP contribution in [0.1, 0.15) is 11.1 Å². The molecule has 0 bridgehead atoms. The molecule has 1 N–H and O–H groups in total. The third-order valence-electron chi connectivity index (χ3n) is 5.79. The molecule has 0 unspecified atom stereocenters. The molecule has 0 atom stereocenters. The molecule has 1 aliphatic rings. The number of benzene rings is 3. The number of halogens is 3. The van der Waals surface area contributed by atoms with Gasteiger partial charge in [-0.25, -0.2) is 0 Å². The number of nitrogens with one attached hydrogen (secondary N) is 1. The monoisotopic (exact) mass is 569 g/mol. The van der Waals surface area contributed by atoms with Crippen LogP contribution in [0.4, 0.5) is 10.5 Å². The smallest absolute Gasteiger partial charge is 0.294 e. The van der Waals surface area contributed by atoms with Gasteiger partial charge in [-0.05, 0) is 53.7 Å². The molecule has 10 heteroatoms. The number of imide groups is 1. The Morgan fingerprint density at radius 2 is 1.70 bits per heavy atom. The molecular formula is C27H18Cl3N3O3S. The highest BCUT2D eigenvalue weighted by Crippen LogP contribution is 2.34. The number of carbonyl (C=O) groups excluding carboxylic acids is 3. The normalized spacial score (nSPS) is 14.7. The van der Waals surface area contributed by atoms with Crippen molar-refractivity contribution in [1.82, 2.24) is 9.47 Å². The summed E-state index contributed by atoms with van der Waals surface area (Å²) in [6.45, 7) is 0.0815. The Balaban J connectivity index is 1.39. The Morgan fingerprint density at radius 1 is 0.946 bits per heavy atom. The third-order valence-corrected chi connectivity index (χ3v) is 7.61. The quantitative estimate of drug-likeness (QED) is 0.247. The number of hydrogen-bond acceptors (Lipinski definition) is 4. The molecule has 4 aromatic rings. The van der Waals surface area contributed by atoms with Gasteiger partial charge in [0.1, 0.15) is 6.54 Å². The van der Waals surface area contributed by atoms with E-state index < -0.39 is 23.6 Å². The minimum atomic E-state index is -0.526. The van der Waals surface area contributed by atoms with Gasteiger partial charge >= 0.3 is 0 Å². The zero-order chi connectivity index (χ0) is 26.1. The first-order chi connectivity index (χ1) is 17.8. The van der Waals surface area contributed by atoms with Crippen LogP contribution in [-0.2, 0) is 16.1 Å². The number of aromatic nitrogens is 1. The Kier molecular flexibility index (Phi) is 7.31. The van der Waals surface area contributed by atoms with Crippen LogP contribution in [0.5, 0.6) is 0 Å². The van der Waals surface area contributed by atoms with Gasteiger partial charge in [0, 0.05) is 39.3 Å². The van der Waals surface area contributed by atoms with Crippen molar-refractivity contribution >= 4 is 86.3 Å². The Bertz CT molecular complexity index is 1600. The van der Waals surface area contributed by atoms with E-state index in [9.17, 15) is 14.4 Å². The van der Waals surface area contributed by atoms with Gasteiger partial charge in [0.15, 0.2) is 0 Å². The van der Waals surface area contributed by atoms with Gasteiger partial charge in [0.25, 0.3) is 11.1 Å². The summed E-state index contributed by atoms with van der Waals surface area (Å²) < 4.78 is 2.03. The minimum Gasteiger partial charge on any atom is -0.342 e. The highest BCUT2D eigenvalue weighted by molar-refractivity contribution is 8.18. The number of hydrogen-bond donors (Lipinski definition) is 1. The molecule has 1 saturated heterocycles. The third kappa shape index (κ3) is 5.40. The maximum Gasteiger partial charge on any atom is 0.294 e. The predicted molar refractivity (Wildman–Crippen MR) is 150 cm³/mol. The highest BCUT2D eigenvalue weighted by atomic mass is 35.5. The van der Waals surface area contributed by atoms with Gasteiger partial charge in [-0.1, -0.05) is 71.2 Å². The van der Waals surface area contributed by atoms with Gasteiger partial charge in [-0.3, -0.25) is 19.3 Å². The molecule has 3 aromatic carbocycles. The maximum atomic E-state index is 13.1.